The topological polar surface area (TPSA) is 220 Å². The maximum absolute atomic E-state index is 12.0. The molecule has 9 amide bonds. The zero-order chi connectivity index (χ0) is 30.4. The quantitative estimate of drug-likeness (QED) is 0.103. The van der Waals surface area contributed by atoms with Crippen molar-refractivity contribution in [2.75, 3.05) is 52.1 Å². The summed E-state index contributed by atoms with van der Waals surface area (Å²) in [5.74, 6) is -4.14. The molecule has 1 atom stereocenters. The first kappa shape index (κ1) is 32.9. The minimum Gasteiger partial charge on any atom is -0.354 e. The van der Waals surface area contributed by atoms with Gasteiger partial charge in [-0.05, 0) is 12.7 Å². The molecular weight excluding hydrogens is 562 g/mol. The van der Waals surface area contributed by atoms with E-state index < -0.39 is 47.9 Å². The van der Waals surface area contributed by atoms with Crippen molar-refractivity contribution in [3.8, 4) is 0 Å². The highest BCUT2D eigenvalue weighted by atomic mass is 32.2. The van der Waals surface area contributed by atoms with Crippen molar-refractivity contribution in [1.82, 2.24) is 36.4 Å². The Balaban J connectivity index is 1.47. The van der Waals surface area contributed by atoms with Crippen molar-refractivity contribution in [3.05, 3.63) is 12.2 Å². The maximum Gasteiger partial charge on any atom is 0.253 e. The minimum atomic E-state index is -0.651. The Morgan fingerprint density at radius 2 is 1.22 bits per heavy atom. The highest BCUT2D eigenvalue weighted by Crippen LogP contribution is 2.23. The molecular formula is C24H33N7O9S. The fourth-order valence-electron chi connectivity index (χ4n) is 3.64. The minimum absolute atomic E-state index is 0.00384. The Morgan fingerprint density at radius 3 is 1.78 bits per heavy atom. The molecule has 0 aromatic heterocycles. The second-order valence-electron chi connectivity index (χ2n) is 8.86. The Hall–Kier alpha value is -4.28. The van der Waals surface area contributed by atoms with Gasteiger partial charge in [0.05, 0.1) is 24.9 Å². The van der Waals surface area contributed by atoms with Crippen LogP contribution in [0.25, 0.3) is 0 Å². The number of thioether (sulfide) groups is 1. The number of hydrogen-bond acceptors (Lipinski definition) is 10. The summed E-state index contributed by atoms with van der Waals surface area (Å²) in [4.78, 5) is 108. The van der Waals surface area contributed by atoms with Crippen LogP contribution in [-0.2, 0) is 43.2 Å². The van der Waals surface area contributed by atoms with Gasteiger partial charge < -0.3 is 26.6 Å². The average molecular weight is 596 g/mol. The molecule has 0 spiro atoms. The van der Waals surface area contributed by atoms with Gasteiger partial charge in [-0.25, -0.2) is 0 Å². The Morgan fingerprint density at radius 1 is 0.707 bits per heavy atom. The summed E-state index contributed by atoms with van der Waals surface area (Å²) in [5, 5.41) is 11.5. The molecule has 1 unspecified atom stereocenters. The molecule has 0 radical (unpaired) electrons. The van der Waals surface area contributed by atoms with Crippen LogP contribution in [0, 0.1) is 0 Å². The monoisotopic (exact) mass is 595 g/mol. The molecule has 41 heavy (non-hydrogen) atoms. The van der Waals surface area contributed by atoms with Crippen LogP contribution < -0.4 is 26.6 Å². The zero-order valence-electron chi connectivity index (χ0n) is 22.5. The third kappa shape index (κ3) is 11.4. The van der Waals surface area contributed by atoms with Crippen LogP contribution >= 0.6 is 11.8 Å². The van der Waals surface area contributed by atoms with E-state index in [0.717, 1.165) is 22.0 Å². The average Bonchev–Trinajstić information content (AvgIpc) is 3.41. The smallest absolute Gasteiger partial charge is 0.253 e. The molecule has 1 saturated heterocycles. The van der Waals surface area contributed by atoms with E-state index in [-0.39, 0.29) is 82.0 Å². The first-order valence-electron chi connectivity index (χ1n) is 12.8. The Labute approximate surface area is 239 Å². The van der Waals surface area contributed by atoms with Gasteiger partial charge in [0.1, 0.15) is 0 Å². The first-order chi connectivity index (χ1) is 19.5. The van der Waals surface area contributed by atoms with Gasteiger partial charge in [0.2, 0.25) is 41.4 Å². The molecule has 2 rings (SSSR count). The molecule has 16 nitrogen and oxygen atoms in total. The second-order valence-corrected chi connectivity index (χ2v) is 9.90. The largest absolute Gasteiger partial charge is 0.354 e. The van der Waals surface area contributed by atoms with Crippen molar-refractivity contribution < 1.29 is 43.2 Å². The highest BCUT2D eigenvalue weighted by Gasteiger charge is 2.37. The molecule has 2 aliphatic heterocycles. The fraction of sp³-hybridized carbons (Fsp3) is 0.542. The van der Waals surface area contributed by atoms with E-state index in [1.807, 2.05) is 0 Å². The standard InChI is InChI=1S/C24H33N7O9S/c1-41-15-11-23(39)31(24(15)40)9-2-3-16(32)27-13-19(35)29-14-20(36)28-12-18(34)25-7-6-17(33)26-8-10-30-21(37)4-5-22(30)38/h4-5,15H,2-3,6-14H2,1H3,(H,25,34)(H,26,33)(H,27,32)(H,28,36)(H,29,35). The normalized spacial score (nSPS) is 16.2. The van der Waals surface area contributed by atoms with Crippen LogP contribution in [0.1, 0.15) is 25.7 Å². The van der Waals surface area contributed by atoms with E-state index in [9.17, 15) is 43.2 Å². The molecule has 224 valence electrons. The summed E-state index contributed by atoms with van der Waals surface area (Å²) in [6.45, 7) is -0.994. The number of imide groups is 2. The van der Waals surface area contributed by atoms with Crippen LogP contribution in [-0.4, -0.2) is 120 Å². The van der Waals surface area contributed by atoms with Gasteiger partial charge in [0, 0.05) is 57.6 Å². The maximum atomic E-state index is 12.0. The SMILES string of the molecule is CSC1CC(=O)N(CCCC(=O)NCC(=O)NCC(=O)NCC(=O)NCCC(=O)NCCN2C(=O)C=CC2=O)C1=O. The lowest BCUT2D eigenvalue weighted by molar-refractivity contribution is -0.139. The van der Waals surface area contributed by atoms with E-state index in [1.54, 1.807) is 6.26 Å². The van der Waals surface area contributed by atoms with Gasteiger partial charge >= 0.3 is 0 Å². The van der Waals surface area contributed by atoms with Gasteiger partial charge in [-0.2, -0.15) is 11.8 Å². The zero-order valence-corrected chi connectivity index (χ0v) is 23.3. The van der Waals surface area contributed by atoms with Crippen LogP contribution in [0.15, 0.2) is 12.2 Å². The number of nitrogens with one attached hydrogen (secondary N) is 5. The lowest BCUT2D eigenvalue weighted by atomic mass is 10.3. The third-order valence-corrected chi connectivity index (χ3v) is 6.78. The van der Waals surface area contributed by atoms with Crippen LogP contribution in [0.4, 0.5) is 0 Å². The van der Waals surface area contributed by atoms with Crippen molar-refractivity contribution in [2.24, 2.45) is 0 Å². The van der Waals surface area contributed by atoms with Gasteiger partial charge in [0.25, 0.3) is 11.8 Å². The second kappa shape index (κ2) is 16.7. The van der Waals surface area contributed by atoms with Crippen LogP contribution in [0.2, 0.25) is 0 Å². The third-order valence-electron chi connectivity index (χ3n) is 5.84. The summed E-state index contributed by atoms with van der Waals surface area (Å²) in [7, 11) is 0. The molecule has 0 saturated carbocycles. The molecule has 0 aromatic carbocycles. The molecule has 0 bridgehead atoms. The van der Waals surface area contributed by atoms with Gasteiger partial charge in [-0.15, -0.1) is 0 Å². The van der Waals surface area contributed by atoms with Crippen molar-refractivity contribution in [1.29, 1.82) is 0 Å². The fourth-order valence-corrected chi connectivity index (χ4v) is 4.28. The molecule has 2 heterocycles. The molecule has 5 N–H and O–H groups in total. The van der Waals surface area contributed by atoms with Crippen molar-refractivity contribution >= 4 is 64.9 Å². The van der Waals surface area contributed by atoms with Crippen molar-refractivity contribution in [3.63, 3.8) is 0 Å². The Bertz CT molecular complexity index is 1090. The summed E-state index contributed by atoms with van der Waals surface area (Å²) in [6.07, 6.45) is 4.38. The van der Waals surface area contributed by atoms with E-state index in [4.69, 9.17) is 0 Å². The molecule has 0 aliphatic carbocycles. The van der Waals surface area contributed by atoms with Crippen LogP contribution in [0.5, 0.6) is 0 Å². The molecule has 2 aliphatic rings. The number of rotatable bonds is 17. The van der Waals surface area contributed by atoms with Gasteiger partial charge in [-0.1, -0.05) is 0 Å². The van der Waals surface area contributed by atoms with E-state index in [0.29, 0.717) is 0 Å². The first-order valence-corrected chi connectivity index (χ1v) is 14.0. The summed E-state index contributed by atoms with van der Waals surface area (Å²) in [5.41, 5.74) is 0. The molecule has 17 heteroatoms. The van der Waals surface area contributed by atoms with Crippen LogP contribution in [0.3, 0.4) is 0 Å². The summed E-state index contributed by atoms with van der Waals surface area (Å²) >= 11 is 1.30. The molecule has 0 aromatic rings. The summed E-state index contributed by atoms with van der Waals surface area (Å²) < 4.78 is 0. The predicted molar refractivity (Wildman–Crippen MR) is 143 cm³/mol. The lowest BCUT2D eigenvalue weighted by Gasteiger charge is -2.14. The van der Waals surface area contributed by atoms with Gasteiger partial charge in [0.15, 0.2) is 0 Å². The number of carbonyl (C=O) groups is 9. The summed E-state index contributed by atoms with van der Waals surface area (Å²) in [6, 6.07) is 0. The van der Waals surface area contributed by atoms with Gasteiger partial charge in [-0.3, -0.25) is 53.0 Å². The molecule has 1 fully saturated rings. The predicted octanol–water partition coefficient (Wildman–Crippen LogP) is -3.85. The van der Waals surface area contributed by atoms with Crippen molar-refractivity contribution in [2.45, 2.75) is 30.9 Å². The van der Waals surface area contributed by atoms with E-state index >= 15 is 0 Å². The number of amides is 9. The lowest BCUT2D eigenvalue weighted by Crippen LogP contribution is -2.44. The van der Waals surface area contributed by atoms with E-state index in [1.165, 1.54) is 11.8 Å². The van der Waals surface area contributed by atoms with E-state index in [2.05, 4.69) is 26.6 Å². The highest BCUT2D eigenvalue weighted by molar-refractivity contribution is 8.00. The Kier molecular flexibility index (Phi) is 13.4. The number of hydrogen-bond donors (Lipinski definition) is 5. The number of carbonyl (C=O) groups excluding carboxylic acids is 9. The number of likely N-dealkylation sites (tertiary alicyclic amines) is 1. The number of nitrogens with zero attached hydrogens (tertiary/aromatic N) is 2.